The predicted octanol–water partition coefficient (Wildman–Crippen LogP) is 3.28. The molecule has 1 aromatic carbocycles. The van der Waals surface area contributed by atoms with E-state index in [0.29, 0.717) is 6.04 Å². The van der Waals surface area contributed by atoms with Crippen molar-refractivity contribution in [2.45, 2.75) is 38.4 Å². The highest BCUT2D eigenvalue weighted by atomic mass is 32.1. The van der Waals surface area contributed by atoms with Gasteiger partial charge >= 0.3 is 0 Å². The van der Waals surface area contributed by atoms with Gasteiger partial charge in [0.2, 0.25) is 0 Å². The maximum absolute atomic E-state index is 4.75. The van der Waals surface area contributed by atoms with Crippen molar-refractivity contribution < 1.29 is 0 Å². The lowest BCUT2D eigenvalue weighted by Gasteiger charge is -2.25. The van der Waals surface area contributed by atoms with Crippen LogP contribution < -0.4 is 5.32 Å². The smallest absolute Gasteiger partial charge is 0.183 e. The molecular weight excluding hydrogens is 266 g/mol. The highest BCUT2D eigenvalue weighted by Crippen LogP contribution is 2.32. The van der Waals surface area contributed by atoms with Gasteiger partial charge in [0.05, 0.1) is 5.69 Å². The summed E-state index contributed by atoms with van der Waals surface area (Å²) in [4.78, 5) is 8.73. The fraction of sp³-hybridized carbons (Fsp3) is 0.438. The predicted molar refractivity (Wildman–Crippen MR) is 83.0 cm³/mol. The van der Waals surface area contributed by atoms with E-state index in [-0.39, 0.29) is 0 Å². The van der Waals surface area contributed by atoms with Crippen molar-refractivity contribution in [3.63, 3.8) is 0 Å². The standard InChI is InChI=1S/C16H19N3S/c1-2-4-12(5-3-1)10-19-9-8-14-15(11-19)20-16(18-14)17-13-6-7-13/h1-5,13H,6-11H2,(H,17,18). The summed E-state index contributed by atoms with van der Waals surface area (Å²) in [5, 5.41) is 4.66. The number of benzene rings is 1. The topological polar surface area (TPSA) is 28.2 Å². The van der Waals surface area contributed by atoms with Crippen LogP contribution in [-0.2, 0) is 19.5 Å². The first-order chi connectivity index (χ1) is 9.87. The molecule has 1 aliphatic carbocycles. The number of hydrogen-bond acceptors (Lipinski definition) is 4. The average molecular weight is 285 g/mol. The van der Waals surface area contributed by atoms with Crippen molar-refractivity contribution in [2.75, 3.05) is 11.9 Å². The Balaban J connectivity index is 1.44. The Morgan fingerprint density at radius 3 is 2.90 bits per heavy atom. The molecule has 1 saturated carbocycles. The van der Waals surface area contributed by atoms with Gasteiger partial charge in [-0.1, -0.05) is 30.3 Å². The number of hydrogen-bond donors (Lipinski definition) is 1. The summed E-state index contributed by atoms with van der Waals surface area (Å²) in [6.07, 6.45) is 3.71. The van der Waals surface area contributed by atoms with Crippen LogP contribution in [0.4, 0.5) is 5.13 Å². The number of nitrogens with zero attached hydrogens (tertiary/aromatic N) is 2. The Bertz CT molecular complexity index is 589. The first kappa shape index (κ1) is 12.4. The van der Waals surface area contributed by atoms with Crippen molar-refractivity contribution in [1.82, 2.24) is 9.88 Å². The lowest BCUT2D eigenvalue weighted by Crippen LogP contribution is -2.29. The van der Waals surface area contributed by atoms with Crippen LogP contribution in [0.15, 0.2) is 30.3 Å². The molecule has 3 nitrogen and oxygen atoms in total. The lowest BCUT2D eigenvalue weighted by atomic mass is 10.1. The van der Waals surface area contributed by atoms with E-state index in [0.717, 1.165) is 31.2 Å². The molecule has 0 atom stereocenters. The molecule has 0 bridgehead atoms. The van der Waals surface area contributed by atoms with E-state index in [9.17, 15) is 0 Å². The van der Waals surface area contributed by atoms with E-state index in [1.807, 2.05) is 11.3 Å². The van der Waals surface area contributed by atoms with Gasteiger partial charge in [-0.05, 0) is 18.4 Å². The van der Waals surface area contributed by atoms with Gasteiger partial charge in [0.1, 0.15) is 0 Å². The quantitative estimate of drug-likeness (QED) is 0.934. The second-order valence-electron chi connectivity index (χ2n) is 5.75. The molecule has 0 unspecified atom stereocenters. The summed E-state index contributed by atoms with van der Waals surface area (Å²) in [5.41, 5.74) is 2.72. The molecule has 4 heteroatoms. The van der Waals surface area contributed by atoms with Crippen LogP contribution in [0.5, 0.6) is 0 Å². The highest BCUT2D eigenvalue weighted by molar-refractivity contribution is 7.15. The van der Waals surface area contributed by atoms with Crippen LogP contribution >= 0.6 is 11.3 Å². The summed E-state index contributed by atoms with van der Waals surface area (Å²) >= 11 is 1.85. The fourth-order valence-electron chi connectivity index (χ4n) is 2.69. The zero-order valence-corrected chi connectivity index (χ0v) is 12.3. The SMILES string of the molecule is c1ccc(CN2CCc3nc(NC4CC4)sc3C2)cc1. The molecule has 104 valence electrons. The van der Waals surface area contributed by atoms with E-state index in [4.69, 9.17) is 4.98 Å². The Morgan fingerprint density at radius 2 is 2.10 bits per heavy atom. The molecular formula is C16H19N3S. The van der Waals surface area contributed by atoms with Gasteiger partial charge in [0.25, 0.3) is 0 Å². The summed E-state index contributed by atoms with van der Waals surface area (Å²) in [6.45, 7) is 3.21. The van der Waals surface area contributed by atoms with E-state index in [1.165, 1.54) is 29.0 Å². The van der Waals surface area contributed by atoms with Crippen molar-refractivity contribution in [2.24, 2.45) is 0 Å². The third-order valence-corrected chi connectivity index (χ3v) is 4.98. The average Bonchev–Trinajstić information content (AvgIpc) is 3.17. The zero-order valence-electron chi connectivity index (χ0n) is 11.5. The van der Waals surface area contributed by atoms with Gasteiger partial charge in [-0.3, -0.25) is 4.90 Å². The number of aromatic nitrogens is 1. The van der Waals surface area contributed by atoms with E-state index >= 15 is 0 Å². The summed E-state index contributed by atoms with van der Waals surface area (Å²) in [5.74, 6) is 0. The molecule has 4 rings (SSSR count). The van der Waals surface area contributed by atoms with Crippen LogP contribution in [-0.4, -0.2) is 22.5 Å². The number of nitrogens with one attached hydrogen (secondary N) is 1. The minimum atomic E-state index is 0.697. The summed E-state index contributed by atoms with van der Waals surface area (Å²) < 4.78 is 0. The molecule has 2 aromatic rings. The molecule has 0 spiro atoms. The molecule has 1 aliphatic heterocycles. The van der Waals surface area contributed by atoms with Crippen LogP contribution in [0.3, 0.4) is 0 Å². The van der Waals surface area contributed by atoms with Crippen molar-refractivity contribution in [3.8, 4) is 0 Å². The Hall–Kier alpha value is -1.39. The van der Waals surface area contributed by atoms with E-state index in [2.05, 4.69) is 40.5 Å². The second-order valence-corrected chi connectivity index (χ2v) is 6.84. The number of anilines is 1. The third kappa shape index (κ3) is 2.72. The summed E-state index contributed by atoms with van der Waals surface area (Å²) in [6, 6.07) is 11.4. The van der Waals surface area contributed by atoms with Gasteiger partial charge in [-0.15, -0.1) is 11.3 Å². The number of thiazole rings is 1. The van der Waals surface area contributed by atoms with Crippen LogP contribution in [0.1, 0.15) is 29.0 Å². The first-order valence-corrected chi connectivity index (χ1v) is 8.20. The molecule has 2 heterocycles. The van der Waals surface area contributed by atoms with Gasteiger partial charge < -0.3 is 5.32 Å². The lowest BCUT2D eigenvalue weighted by molar-refractivity contribution is 0.247. The minimum Gasteiger partial charge on any atom is -0.359 e. The van der Waals surface area contributed by atoms with Crippen molar-refractivity contribution >= 4 is 16.5 Å². The van der Waals surface area contributed by atoms with Gasteiger partial charge in [0, 0.05) is 37.0 Å². The number of fused-ring (bicyclic) bond motifs is 1. The van der Waals surface area contributed by atoms with Crippen LogP contribution in [0.2, 0.25) is 0 Å². The largest absolute Gasteiger partial charge is 0.359 e. The molecule has 1 N–H and O–H groups in total. The molecule has 0 saturated heterocycles. The van der Waals surface area contributed by atoms with Crippen LogP contribution in [0, 0.1) is 0 Å². The minimum absolute atomic E-state index is 0.697. The highest BCUT2D eigenvalue weighted by Gasteiger charge is 2.25. The number of rotatable bonds is 4. The van der Waals surface area contributed by atoms with Gasteiger partial charge in [0.15, 0.2) is 5.13 Å². The molecule has 1 fully saturated rings. The Labute approximate surface area is 123 Å². The zero-order chi connectivity index (χ0) is 13.4. The molecule has 0 radical (unpaired) electrons. The van der Waals surface area contributed by atoms with E-state index < -0.39 is 0 Å². The maximum Gasteiger partial charge on any atom is 0.183 e. The summed E-state index contributed by atoms with van der Waals surface area (Å²) in [7, 11) is 0. The van der Waals surface area contributed by atoms with Gasteiger partial charge in [-0.2, -0.15) is 0 Å². The van der Waals surface area contributed by atoms with Crippen LogP contribution in [0.25, 0.3) is 0 Å². The van der Waals surface area contributed by atoms with Gasteiger partial charge in [-0.25, -0.2) is 4.98 Å². The third-order valence-electron chi connectivity index (χ3n) is 3.96. The van der Waals surface area contributed by atoms with Crippen molar-refractivity contribution in [3.05, 3.63) is 46.5 Å². The molecule has 0 amide bonds. The molecule has 1 aromatic heterocycles. The Kier molecular flexibility index (Phi) is 3.20. The fourth-order valence-corrected chi connectivity index (χ4v) is 3.82. The van der Waals surface area contributed by atoms with Crippen molar-refractivity contribution in [1.29, 1.82) is 0 Å². The molecule has 2 aliphatic rings. The monoisotopic (exact) mass is 285 g/mol. The normalized spacial score (nSPS) is 18.8. The second kappa shape index (κ2) is 5.19. The van der Waals surface area contributed by atoms with E-state index in [1.54, 1.807) is 0 Å². The Morgan fingerprint density at radius 1 is 1.25 bits per heavy atom. The maximum atomic E-state index is 4.75. The molecule has 20 heavy (non-hydrogen) atoms. The first-order valence-electron chi connectivity index (χ1n) is 7.38.